The van der Waals surface area contributed by atoms with Crippen LogP contribution in [-0.4, -0.2) is 8.32 Å². The molecule has 0 aromatic carbocycles. The van der Waals surface area contributed by atoms with Crippen LogP contribution in [0.5, 0.6) is 0 Å². The normalized spacial score (nSPS) is 4.50. The minimum atomic E-state index is -1.12. The second kappa shape index (κ2) is 9.04. The van der Waals surface area contributed by atoms with Gasteiger partial charge in [-0.3, -0.25) is 0 Å². The van der Waals surface area contributed by atoms with Gasteiger partial charge in [-0.15, -0.1) is 0 Å². The zero-order valence-corrected chi connectivity index (χ0v) is 3.88. The SMILES string of the molecule is [Ni].[OH][Cr][OH]. The second-order valence-electron chi connectivity index (χ2n) is 0.0816. The van der Waals surface area contributed by atoms with Crippen molar-refractivity contribution >= 4 is 0 Å². The van der Waals surface area contributed by atoms with Crippen molar-refractivity contribution in [2.75, 3.05) is 0 Å². The molecule has 4 heavy (non-hydrogen) atoms. The third kappa shape index (κ3) is 12.5. The van der Waals surface area contributed by atoms with Gasteiger partial charge in [-0.1, -0.05) is 0 Å². The molecule has 0 bridgehead atoms. The molecule has 0 rings (SSSR count). The molecule has 0 aromatic rings. The summed E-state index contributed by atoms with van der Waals surface area (Å²) in [5.41, 5.74) is 0. The van der Waals surface area contributed by atoms with Crippen LogP contribution in [0.15, 0.2) is 0 Å². The predicted molar refractivity (Wildman–Crippen MR) is 4.44 cm³/mol. The van der Waals surface area contributed by atoms with Gasteiger partial charge in [0.1, 0.15) is 0 Å². The third-order valence-electron chi connectivity index (χ3n) is 0. The van der Waals surface area contributed by atoms with Crippen molar-refractivity contribution in [3.8, 4) is 0 Å². The van der Waals surface area contributed by atoms with Crippen LogP contribution < -0.4 is 0 Å². The Morgan fingerprint density at radius 2 is 1.25 bits per heavy atom. The molecule has 0 saturated heterocycles. The van der Waals surface area contributed by atoms with E-state index in [-0.39, 0.29) is 16.5 Å². The van der Waals surface area contributed by atoms with Crippen molar-refractivity contribution < 1.29 is 40.7 Å². The maximum atomic E-state index is 7.19. The van der Waals surface area contributed by atoms with Gasteiger partial charge in [0.2, 0.25) is 0 Å². The molecule has 0 fully saturated rings. The molecule has 4 heteroatoms. The van der Waals surface area contributed by atoms with Crippen LogP contribution >= 0.6 is 0 Å². The van der Waals surface area contributed by atoms with Gasteiger partial charge < -0.3 is 0 Å². The summed E-state index contributed by atoms with van der Waals surface area (Å²) in [4.78, 5) is 0. The van der Waals surface area contributed by atoms with Crippen molar-refractivity contribution in [2.45, 2.75) is 0 Å². The van der Waals surface area contributed by atoms with Gasteiger partial charge in [0.15, 0.2) is 0 Å². The van der Waals surface area contributed by atoms with Gasteiger partial charge in [-0.25, -0.2) is 0 Å². The first-order chi connectivity index (χ1) is 1.41. The molecule has 0 atom stereocenters. The summed E-state index contributed by atoms with van der Waals surface area (Å²) in [7, 11) is 0. The molecule has 0 aromatic heterocycles. The van der Waals surface area contributed by atoms with E-state index < -0.39 is 15.9 Å². The van der Waals surface area contributed by atoms with Crippen LogP contribution in [-0.2, 0) is 32.4 Å². The van der Waals surface area contributed by atoms with E-state index in [9.17, 15) is 0 Å². The van der Waals surface area contributed by atoms with Crippen molar-refractivity contribution in [2.24, 2.45) is 0 Å². The van der Waals surface area contributed by atoms with E-state index in [1.54, 1.807) is 0 Å². The first-order valence-electron chi connectivity index (χ1n) is 0.365. The molecule has 30 valence electrons. The number of hydrogen-bond acceptors (Lipinski definition) is 2. The Hall–Kier alpha value is 0.946. The quantitative estimate of drug-likeness (QED) is 0.423. The van der Waals surface area contributed by atoms with E-state index in [0.29, 0.717) is 0 Å². The van der Waals surface area contributed by atoms with Crippen LogP contribution in [0.4, 0.5) is 0 Å². The topological polar surface area (TPSA) is 40.5 Å². The van der Waals surface area contributed by atoms with Crippen molar-refractivity contribution in [3.63, 3.8) is 0 Å². The summed E-state index contributed by atoms with van der Waals surface area (Å²) in [6, 6.07) is 0. The van der Waals surface area contributed by atoms with Gasteiger partial charge in [0.05, 0.1) is 0 Å². The number of hydrogen-bond donors (Lipinski definition) is 2. The van der Waals surface area contributed by atoms with Crippen molar-refractivity contribution in [3.05, 3.63) is 0 Å². The van der Waals surface area contributed by atoms with Gasteiger partial charge >= 0.3 is 24.2 Å². The van der Waals surface area contributed by atoms with Crippen LogP contribution in [0.2, 0.25) is 0 Å². The van der Waals surface area contributed by atoms with Crippen molar-refractivity contribution in [1.29, 1.82) is 0 Å². The Bertz CT molecular complexity index is 6.00. The Labute approximate surface area is 41.1 Å². The molecule has 0 saturated carbocycles. The molecule has 0 amide bonds. The molecular formula is H2CrNiO2. The summed E-state index contributed by atoms with van der Waals surface area (Å²) in [6.07, 6.45) is 0. The Kier molecular flexibility index (Phi) is 20.1. The van der Waals surface area contributed by atoms with E-state index in [1.807, 2.05) is 0 Å². The van der Waals surface area contributed by atoms with E-state index in [4.69, 9.17) is 8.32 Å². The zero-order chi connectivity index (χ0) is 2.71. The van der Waals surface area contributed by atoms with Crippen LogP contribution in [0, 0.1) is 0 Å². The molecule has 2 N–H and O–H groups in total. The standard InChI is InChI=1S/Cr.Ni.2H2O/h;;2*1H2/q+2;;;/p-2. The Balaban J connectivity index is 0. The summed E-state index contributed by atoms with van der Waals surface area (Å²) in [6.45, 7) is 0. The molecule has 2 nitrogen and oxygen atoms in total. The monoisotopic (exact) mass is 144 g/mol. The molecule has 0 aliphatic heterocycles. The molecule has 0 unspecified atom stereocenters. The predicted octanol–water partition coefficient (Wildman–Crippen LogP) is -1.12. The van der Waals surface area contributed by atoms with Gasteiger partial charge in [0, 0.05) is 16.5 Å². The third-order valence-corrected chi connectivity index (χ3v) is 0. The Morgan fingerprint density at radius 1 is 1.25 bits per heavy atom. The van der Waals surface area contributed by atoms with Crippen LogP contribution in [0.1, 0.15) is 0 Å². The van der Waals surface area contributed by atoms with E-state index in [0.717, 1.165) is 0 Å². The molecular weight excluding hydrogens is 143 g/mol. The molecule has 0 aliphatic rings. The average Bonchev–Trinajstić information content (AvgIpc) is 0.918. The van der Waals surface area contributed by atoms with Gasteiger partial charge in [-0.05, 0) is 0 Å². The Morgan fingerprint density at radius 3 is 1.25 bits per heavy atom. The van der Waals surface area contributed by atoms with Crippen LogP contribution in [0.3, 0.4) is 0 Å². The number of rotatable bonds is 0. The first kappa shape index (κ1) is 8.87. The first-order valence-corrected chi connectivity index (χ1v) is 1.51. The summed E-state index contributed by atoms with van der Waals surface area (Å²) < 4.78 is 14.4. The summed E-state index contributed by atoms with van der Waals surface area (Å²) >= 11 is -1.12. The fourth-order valence-electron chi connectivity index (χ4n) is 0. The van der Waals surface area contributed by atoms with Gasteiger partial charge in [0.25, 0.3) is 0 Å². The maximum absolute atomic E-state index is 7.19. The van der Waals surface area contributed by atoms with E-state index in [2.05, 4.69) is 0 Å². The summed E-state index contributed by atoms with van der Waals surface area (Å²) in [5, 5.41) is 0. The van der Waals surface area contributed by atoms with E-state index >= 15 is 0 Å². The fourth-order valence-corrected chi connectivity index (χ4v) is 0. The zero-order valence-electron chi connectivity index (χ0n) is 1.62. The second-order valence-corrected chi connectivity index (χ2v) is 0.337. The molecule has 0 aliphatic carbocycles. The molecule has 0 spiro atoms. The van der Waals surface area contributed by atoms with Gasteiger partial charge in [-0.2, -0.15) is 0 Å². The fraction of sp³-hybridized carbons (Fsp3) is 0. The summed E-state index contributed by atoms with van der Waals surface area (Å²) in [5.74, 6) is 0. The average molecular weight is 145 g/mol. The van der Waals surface area contributed by atoms with Crippen molar-refractivity contribution in [1.82, 2.24) is 0 Å². The van der Waals surface area contributed by atoms with E-state index in [1.165, 1.54) is 0 Å². The molecule has 0 heterocycles. The minimum absolute atomic E-state index is 0. The molecule has 0 radical (unpaired) electrons. The van der Waals surface area contributed by atoms with Crippen LogP contribution in [0.25, 0.3) is 0 Å².